The quantitative estimate of drug-likeness (QED) is 0.474. The maximum absolute atomic E-state index is 11.3. The monoisotopic (exact) mass is 200 g/mol. The number of Topliss-reactive ketones (excluding diaryl/α,β-unsaturated/α-hetero) is 1. The molecule has 70 valence electrons. The summed E-state index contributed by atoms with van der Waals surface area (Å²) in [7, 11) is 8.42. The van der Waals surface area contributed by atoms with Gasteiger partial charge in [0, 0.05) is 0 Å². The van der Waals surface area contributed by atoms with Gasteiger partial charge in [-0.05, 0) is 6.92 Å². The molecule has 1 heterocycles. The first-order chi connectivity index (χ1) is 6.06. The van der Waals surface area contributed by atoms with E-state index in [2.05, 4.69) is 8.86 Å². The van der Waals surface area contributed by atoms with Crippen molar-refractivity contribution in [3.05, 3.63) is 0 Å². The number of rotatable bonds is 3. The molecule has 2 unspecified atom stereocenters. The van der Waals surface area contributed by atoms with Crippen LogP contribution in [0.1, 0.15) is 6.92 Å². The number of ketones is 1. The zero-order chi connectivity index (χ0) is 10.0. The van der Waals surface area contributed by atoms with Crippen molar-refractivity contribution in [2.75, 3.05) is 6.61 Å². The molecule has 1 aliphatic rings. The Morgan fingerprint density at radius 2 is 2.46 bits per heavy atom. The van der Waals surface area contributed by atoms with Gasteiger partial charge in [0.05, 0.1) is 18.1 Å². The van der Waals surface area contributed by atoms with Gasteiger partial charge in [-0.25, -0.2) is 0 Å². The second-order valence-electron chi connectivity index (χ2n) is 2.77. The molecule has 4 nitrogen and oxygen atoms in total. The molecule has 0 saturated carbocycles. The minimum absolute atomic E-state index is 0.288. The van der Waals surface area contributed by atoms with Crippen molar-refractivity contribution >= 4 is 28.0 Å². The van der Waals surface area contributed by atoms with Gasteiger partial charge in [-0.2, -0.15) is 0 Å². The third-order valence-corrected chi connectivity index (χ3v) is 1.82. The molecule has 2 radical (unpaired) electrons. The Morgan fingerprint density at radius 1 is 1.85 bits per heavy atom. The number of carbonyl (C=O) groups excluding carboxylic acids is 1. The maximum Gasteiger partial charge on any atom is 0.183 e. The SMILES string of the molecule is [B]C1OC(CO)[C@@H](OC(C)=P)C1=O. The fraction of sp³-hybridized carbons (Fsp3) is 0.714. The van der Waals surface area contributed by atoms with Crippen LogP contribution < -0.4 is 0 Å². The van der Waals surface area contributed by atoms with Crippen molar-refractivity contribution < 1.29 is 19.4 Å². The number of aliphatic hydroxyl groups is 1. The van der Waals surface area contributed by atoms with E-state index < -0.39 is 18.2 Å². The van der Waals surface area contributed by atoms with Crippen LogP contribution in [0.4, 0.5) is 0 Å². The van der Waals surface area contributed by atoms with E-state index in [-0.39, 0.29) is 12.4 Å². The van der Waals surface area contributed by atoms with Crippen LogP contribution in [0.3, 0.4) is 0 Å². The summed E-state index contributed by atoms with van der Waals surface area (Å²) in [5.41, 5.74) is 0.453. The van der Waals surface area contributed by atoms with Crippen LogP contribution >= 0.6 is 8.86 Å². The zero-order valence-electron chi connectivity index (χ0n) is 7.19. The van der Waals surface area contributed by atoms with E-state index in [0.29, 0.717) is 5.48 Å². The van der Waals surface area contributed by atoms with Crippen LogP contribution in [0.5, 0.6) is 0 Å². The average Bonchev–Trinajstić information content (AvgIpc) is 2.31. The molecule has 1 N–H and O–H groups in total. The van der Waals surface area contributed by atoms with Gasteiger partial charge < -0.3 is 14.6 Å². The molecule has 0 aliphatic carbocycles. The molecule has 0 bridgehead atoms. The highest BCUT2D eigenvalue weighted by atomic mass is 31.0. The molecule has 13 heavy (non-hydrogen) atoms. The lowest BCUT2D eigenvalue weighted by atomic mass is 9.94. The number of aliphatic hydroxyl groups excluding tert-OH is 1. The predicted molar refractivity (Wildman–Crippen MR) is 50.4 cm³/mol. The highest BCUT2D eigenvalue weighted by Gasteiger charge is 2.41. The summed E-state index contributed by atoms with van der Waals surface area (Å²) in [6, 6.07) is -0.992. The lowest BCUT2D eigenvalue weighted by Gasteiger charge is -2.14. The summed E-state index contributed by atoms with van der Waals surface area (Å²) in [5.74, 6) is -0.350. The molecule has 3 atom stereocenters. The molecular weight excluding hydrogens is 190 g/mol. The molecular formula is C7H10BO4P. The standard InChI is InChI=1S/C7H10BO4P/c1-3(13)11-6-4(2-9)12-7(8)5(6)10/h4,6-7,9,13H,2H2,1H3/t4?,6-,7?/m1/s1. The molecule has 0 aromatic rings. The number of ether oxygens (including phenoxy) is 2. The molecule has 0 aromatic carbocycles. The molecule has 1 rings (SSSR count). The van der Waals surface area contributed by atoms with Gasteiger partial charge in [0.2, 0.25) is 0 Å². The summed E-state index contributed by atoms with van der Waals surface area (Å²) in [5, 5.41) is 8.85. The fourth-order valence-electron chi connectivity index (χ4n) is 1.14. The maximum atomic E-state index is 11.3. The van der Waals surface area contributed by atoms with Crippen molar-refractivity contribution in [1.29, 1.82) is 0 Å². The van der Waals surface area contributed by atoms with Crippen molar-refractivity contribution in [3.63, 3.8) is 0 Å². The Labute approximate surface area is 79.8 Å². The summed E-state index contributed by atoms with van der Waals surface area (Å²) in [6.07, 6.45) is -1.48. The minimum atomic E-state index is -0.992. The van der Waals surface area contributed by atoms with Crippen molar-refractivity contribution in [2.24, 2.45) is 0 Å². The Morgan fingerprint density at radius 3 is 2.92 bits per heavy atom. The smallest absolute Gasteiger partial charge is 0.183 e. The Hall–Kier alpha value is -0.215. The van der Waals surface area contributed by atoms with Crippen LogP contribution in [0.2, 0.25) is 0 Å². The predicted octanol–water partition coefficient (Wildman–Crippen LogP) is -0.881. The average molecular weight is 200 g/mol. The van der Waals surface area contributed by atoms with Crippen LogP contribution in [0.25, 0.3) is 0 Å². The van der Waals surface area contributed by atoms with Crippen LogP contribution in [-0.2, 0) is 14.3 Å². The molecule has 1 fully saturated rings. The largest absolute Gasteiger partial charge is 0.394 e. The van der Waals surface area contributed by atoms with Gasteiger partial charge in [-0.1, -0.05) is 8.86 Å². The number of hydrogen-bond acceptors (Lipinski definition) is 4. The lowest BCUT2D eigenvalue weighted by Crippen LogP contribution is -2.34. The Bertz CT molecular complexity index is 233. The van der Waals surface area contributed by atoms with Crippen LogP contribution in [0, 0.1) is 0 Å². The van der Waals surface area contributed by atoms with Gasteiger partial charge in [-0.15, -0.1) is 0 Å². The topological polar surface area (TPSA) is 55.8 Å². The van der Waals surface area contributed by atoms with E-state index in [4.69, 9.17) is 22.4 Å². The van der Waals surface area contributed by atoms with Gasteiger partial charge in [0.25, 0.3) is 0 Å². The molecule has 0 spiro atoms. The van der Waals surface area contributed by atoms with Gasteiger partial charge in [-0.3, -0.25) is 4.79 Å². The van der Waals surface area contributed by atoms with Gasteiger partial charge >= 0.3 is 0 Å². The summed E-state index contributed by atoms with van der Waals surface area (Å²) in [6.45, 7) is 1.35. The molecule has 6 heteroatoms. The van der Waals surface area contributed by atoms with Gasteiger partial charge in [0.15, 0.2) is 11.9 Å². The van der Waals surface area contributed by atoms with Crippen molar-refractivity contribution in [2.45, 2.75) is 25.1 Å². The second-order valence-corrected chi connectivity index (χ2v) is 3.48. The number of carbonyl (C=O) groups is 1. The van der Waals surface area contributed by atoms with Crippen molar-refractivity contribution in [3.8, 4) is 0 Å². The summed E-state index contributed by atoms with van der Waals surface area (Å²) in [4.78, 5) is 11.3. The van der Waals surface area contributed by atoms with Gasteiger partial charge in [0.1, 0.15) is 14.0 Å². The number of hydrogen-bond donors (Lipinski definition) is 1. The molecule has 0 amide bonds. The van der Waals surface area contributed by atoms with E-state index in [9.17, 15) is 4.79 Å². The highest BCUT2D eigenvalue weighted by Crippen LogP contribution is 2.18. The van der Waals surface area contributed by atoms with Crippen molar-refractivity contribution in [1.82, 2.24) is 0 Å². The van der Waals surface area contributed by atoms with E-state index >= 15 is 0 Å². The summed E-state index contributed by atoms with van der Waals surface area (Å²) < 4.78 is 10.1. The highest BCUT2D eigenvalue weighted by molar-refractivity contribution is 7.20. The first kappa shape index (κ1) is 10.9. The second kappa shape index (κ2) is 4.33. The Balaban J connectivity index is 2.68. The zero-order valence-corrected chi connectivity index (χ0v) is 8.19. The minimum Gasteiger partial charge on any atom is -0.394 e. The van der Waals surface area contributed by atoms with E-state index in [0.717, 1.165) is 0 Å². The third kappa shape index (κ3) is 2.38. The molecule has 1 aliphatic heterocycles. The molecule has 1 saturated heterocycles. The van der Waals surface area contributed by atoms with Crippen LogP contribution in [-0.4, -0.2) is 49.0 Å². The van der Waals surface area contributed by atoms with E-state index in [1.807, 2.05) is 0 Å². The summed E-state index contributed by atoms with van der Waals surface area (Å²) >= 11 is 0. The first-order valence-corrected chi connectivity index (χ1v) is 4.33. The normalized spacial score (nSPS) is 33.7. The Kier molecular flexibility index (Phi) is 3.62. The molecule has 0 aromatic heterocycles. The first-order valence-electron chi connectivity index (χ1n) is 3.83. The van der Waals surface area contributed by atoms with E-state index in [1.54, 1.807) is 6.92 Å². The van der Waals surface area contributed by atoms with E-state index in [1.165, 1.54) is 0 Å². The lowest BCUT2D eigenvalue weighted by molar-refractivity contribution is -0.124. The van der Waals surface area contributed by atoms with Crippen LogP contribution in [0.15, 0.2) is 0 Å². The third-order valence-electron chi connectivity index (χ3n) is 1.70. The fourth-order valence-corrected chi connectivity index (χ4v) is 1.26.